The Morgan fingerprint density at radius 3 is 2.64 bits per heavy atom. The Kier molecular flexibility index (Phi) is 6.29. The Labute approximate surface area is 162 Å². The second-order valence-electron chi connectivity index (χ2n) is 5.71. The van der Waals surface area contributed by atoms with Crippen LogP contribution >= 0.6 is 0 Å². The van der Waals surface area contributed by atoms with Gasteiger partial charge in [-0.25, -0.2) is 10.1 Å². The highest BCUT2D eigenvalue weighted by Gasteiger charge is 2.08. The topological polar surface area (TPSA) is 104 Å². The van der Waals surface area contributed by atoms with Gasteiger partial charge in [-0.15, -0.1) is 5.10 Å². The maximum atomic E-state index is 12.1. The van der Waals surface area contributed by atoms with Crippen LogP contribution in [-0.4, -0.2) is 45.0 Å². The number of carbonyl (C=O) groups excluding carboxylic acids is 1. The van der Waals surface area contributed by atoms with Crippen molar-refractivity contribution < 1.29 is 14.3 Å². The van der Waals surface area contributed by atoms with E-state index in [1.165, 1.54) is 6.33 Å². The molecule has 3 rings (SSSR count). The third-order valence-electron chi connectivity index (χ3n) is 3.73. The molecule has 9 nitrogen and oxygen atoms in total. The number of aromatic nitrogens is 4. The molecule has 1 aromatic heterocycles. The van der Waals surface area contributed by atoms with Crippen LogP contribution < -0.4 is 14.9 Å². The summed E-state index contributed by atoms with van der Waals surface area (Å²) in [6.45, 7) is 4.02. The maximum absolute atomic E-state index is 12.1. The minimum atomic E-state index is -0.373. The third kappa shape index (κ3) is 4.91. The summed E-state index contributed by atoms with van der Waals surface area (Å²) in [6, 6.07) is 14.7. The number of rotatable bonds is 8. The van der Waals surface area contributed by atoms with E-state index in [4.69, 9.17) is 9.47 Å². The lowest BCUT2D eigenvalue weighted by Crippen LogP contribution is -2.25. The van der Waals surface area contributed by atoms with Crippen molar-refractivity contribution in [2.75, 3.05) is 13.2 Å². The van der Waals surface area contributed by atoms with Gasteiger partial charge in [-0.2, -0.15) is 5.10 Å². The van der Waals surface area contributed by atoms with Gasteiger partial charge in [-0.1, -0.05) is 24.3 Å². The van der Waals surface area contributed by atoms with Gasteiger partial charge in [0.05, 0.1) is 18.0 Å². The summed E-state index contributed by atoms with van der Waals surface area (Å²) in [5.41, 5.74) is 4.75. The summed E-state index contributed by atoms with van der Waals surface area (Å²) in [5, 5.41) is 15.2. The van der Waals surface area contributed by atoms with Crippen molar-refractivity contribution in [2.24, 2.45) is 5.10 Å². The molecule has 3 aromatic rings. The molecule has 0 atom stereocenters. The van der Waals surface area contributed by atoms with Gasteiger partial charge in [0.2, 0.25) is 0 Å². The van der Waals surface area contributed by atoms with Crippen molar-refractivity contribution in [3.8, 4) is 17.2 Å². The molecule has 0 bridgehead atoms. The van der Waals surface area contributed by atoms with Gasteiger partial charge in [0.15, 0.2) is 18.1 Å². The molecule has 0 radical (unpaired) electrons. The number of nitrogens with one attached hydrogen (secondary N) is 1. The summed E-state index contributed by atoms with van der Waals surface area (Å²) in [4.78, 5) is 12.1. The fraction of sp³-hybridized carbons (Fsp3) is 0.211. The minimum absolute atomic E-state index is 0.175. The van der Waals surface area contributed by atoms with E-state index in [-0.39, 0.29) is 12.5 Å². The first-order chi connectivity index (χ1) is 13.7. The van der Waals surface area contributed by atoms with Crippen molar-refractivity contribution in [1.29, 1.82) is 0 Å². The summed E-state index contributed by atoms with van der Waals surface area (Å²) < 4.78 is 12.5. The lowest BCUT2D eigenvalue weighted by molar-refractivity contribution is -0.123. The summed E-state index contributed by atoms with van der Waals surface area (Å²) in [5.74, 6) is 0.730. The van der Waals surface area contributed by atoms with Gasteiger partial charge in [-0.3, -0.25) is 4.79 Å². The molecule has 0 unspecified atom stereocenters. The lowest BCUT2D eigenvalue weighted by Gasteiger charge is -2.11. The van der Waals surface area contributed by atoms with Crippen LogP contribution in [0.4, 0.5) is 0 Å². The van der Waals surface area contributed by atoms with Gasteiger partial charge >= 0.3 is 0 Å². The number of ether oxygens (including phenoxy) is 2. The molecule has 0 fully saturated rings. The molecular formula is C19H20N6O3. The SMILES string of the molecule is CCOc1ccccc1OCC(=O)N/N=C(\C)c1cccc(-n2cnnn2)c1. The molecule has 9 heteroatoms. The summed E-state index contributed by atoms with van der Waals surface area (Å²) in [6.07, 6.45) is 1.50. The Morgan fingerprint density at radius 1 is 1.14 bits per heavy atom. The molecule has 1 amide bonds. The van der Waals surface area contributed by atoms with E-state index in [9.17, 15) is 4.79 Å². The normalized spacial score (nSPS) is 11.1. The highest BCUT2D eigenvalue weighted by Crippen LogP contribution is 2.26. The Morgan fingerprint density at radius 2 is 1.93 bits per heavy atom. The van der Waals surface area contributed by atoms with Gasteiger partial charge in [0.1, 0.15) is 6.33 Å². The van der Waals surface area contributed by atoms with Gasteiger partial charge < -0.3 is 9.47 Å². The van der Waals surface area contributed by atoms with Crippen LogP contribution in [0.2, 0.25) is 0 Å². The molecule has 0 saturated carbocycles. The standard InChI is InChI=1S/C19H20N6O3/c1-3-27-17-9-4-5-10-18(17)28-12-19(26)22-21-14(2)15-7-6-8-16(11-15)25-13-20-23-24-25/h4-11,13H,3,12H2,1-2H3,(H,22,26)/b21-14+. The second-order valence-corrected chi connectivity index (χ2v) is 5.71. The van der Waals surface area contributed by atoms with E-state index in [1.54, 1.807) is 23.7 Å². The van der Waals surface area contributed by atoms with Crippen molar-refractivity contribution in [2.45, 2.75) is 13.8 Å². The number of amides is 1. The lowest BCUT2D eigenvalue weighted by atomic mass is 10.1. The first-order valence-electron chi connectivity index (χ1n) is 8.69. The molecule has 0 aliphatic heterocycles. The third-order valence-corrected chi connectivity index (χ3v) is 3.73. The molecule has 0 aliphatic rings. The number of carbonyl (C=O) groups is 1. The van der Waals surface area contributed by atoms with E-state index in [0.717, 1.165) is 11.3 Å². The fourth-order valence-corrected chi connectivity index (χ4v) is 2.38. The quantitative estimate of drug-likeness (QED) is 0.473. The van der Waals surface area contributed by atoms with Gasteiger partial charge in [0, 0.05) is 0 Å². The van der Waals surface area contributed by atoms with E-state index in [0.29, 0.717) is 23.8 Å². The average Bonchev–Trinajstić information content (AvgIpc) is 3.26. The van der Waals surface area contributed by atoms with E-state index in [2.05, 4.69) is 26.1 Å². The molecule has 0 spiro atoms. The van der Waals surface area contributed by atoms with Crippen LogP contribution in [-0.2, 0) is 4.79 Å². The van der Waals surface area contributed by atoms with Crippen molar-refractivity contribution >= 4 is 11.6 Å². The maximum Gasteiger partial charge on any atom is 0.277 e. The molecule has 2 aromatic carbocycles. The largest absolute Gasteiger partial charge is 0.490 e. The zero-order valence-corrected chi connectivity index (χ0v) is 15.6. The molecule has 1 N–H and O–H groups in total. The number of hydrazone groups is 1. The first kappa shape index (κ1) is 19.0. The number of nitrogens with zero attached hydrogens (tertiary/aromatic N) is 5. The molecular weight excluding hydrogens is 360 g/mol. The zero-order valence-electron chi connectivity index (χ0n) is 15.6. The van der Waals surface area contributed by atoms with E-state index < -0.39 is 0 Å². The van der Waals surface area contributed by atoms with Crippen LogP contribution in [0.3, 0.4) is 0 Å². The molecule has 144 valence electrons. The number of tetrazole rings is 1. The molecule has 1 heterocycles. The smallest absolute Gasteiger partial charge is 0.277 e. The van der Waals surface area contributed by atoms with Crippen molar-refractivity contribution in [3.63, 3.8) is 0 Å². The predicted molar refractivity (Wildman–Crippen MR) is 103 cm³/mol. The van der Waals surface area contributed by atoms with Crippen LogP contribution in [0, 0.1) is 0 Å². The summed E-state index contributed by atoms with van der Waals surface area (Å²) in [7, 11) is 0. The summed E-state index contributed by atoms with van der Waals surface area (Å²) >= 11 is 0. The Balaban J connectivity index is 1.59. The molecule has 0 aliphatic carbocycles. The Hall–Kier alpha value is -3.75. The average molecular weight is 380 g/mol. The number of benzene rings is 2. The highest BCUT2D eigenvalue weighted by atomic mass is 16.5. The molecule has 0 saturated heterocycles. The van der Waals surface area contributed by atoms with Crippen LogP contribution in [0.15, 0.2) is 60.0 Å². The monoisotopic (exact) mass is 380 g/mol. The Bertz CT molecular complexity index is 956. The number of hydrogen-bond donors (Lipinski definition) is 1. The molecule has 28 heavy (non-hydrogen) atoms. The predicted octanol–water partition coefficient (Wildman–Crippen LogP) is 1.98. The van der Waals surface area contributed by atoms with Crippen LogP contribution in [0.1, 0.15) is 19.4 Å². The van der Waals surface area contributed by atoms with Crippen LogP contribution in [0.25, 0.3) is 5.69 Å². The van der Waals surface area contributed by atoms with Crippen molar-refractivity contribution in [1.82, 2.24) is 25.6 Å². The van der Waals surface area contributed by atoms with Gasteiger partial charge in [-0.05, 0) is 54.1 Å². The number of para-hydroxylation sites is 2. The number of hydrogen-bond acceptors (Lipinski definition) is 7. The second kappa shape index (κ2) is 9.26. The highest BCUT2D eigenvalue weighted by molar-refractivity contribution is 5.99. The van der Waals surface area contributed by atoms with Gasteiger partial charge in [0.25, 0.3) is 5.91 Å². The fourth-order valence-electron chi connectivity index (χ4n) is 2.38. The minimum Gasteiger partial charge on any atom is -0.490 e. The zero-order chi connectivity index (χ0) is 19.8. The van der Waals surface area contributed by atoms with Crippen LogP contribution in [0.5, 0.6) is 11.5 Å². The van der Waals surface area contributed by atoms with E-state index in [1.807, 2.05) is 43.3 Å². The first-order valence-corrected chi connectivity index (χ1v) is 8.69. The van der Waals surface area contributed by atoms with E-state index >= 15 is 0 Å². The van der Waals surface area contributed by atoms with Crippen molar-refractivity contribution in [3.05, 3.63) is 60.4 Å².